The molecule has 7 heteroatoms. The van der Waals surface area contributed by atoms with Crippen molar-refractivity contribution >= 4 is 45.8 Å². The molecule has 1 aromatic carbocycles. The van der Waals surface area contributed by atoms with Gasteiger partial charge in [0, 0.05) is 29.4 Å². The summed E-state index contributed by atoms with van der Waals surface area (Å²) < 4.78 is 0.886. The third-order valence-electron chi connectivity index (χ3n) is 5.00. The Balaban J connectivity index is 0.00000225. The predicted molar refractivity (Wildman–Crippen MR) is 105 cm³/mol. The van der Waals surface area contributed by atoms with Crippen LogP contribution in [-0.4, -0.2) is 42.9 Å². The number of likely N-dealkylation sites (tertiary alicyclic amines) is 1. The number of piperidine rings is 2. The molecule has 25 heavy (non-hydrogen) atoms. The number of halogens is 2. The van der Waals surface area contributed by atoms with E-state index in [4.69, 9.17) is 0 Å². The highest BCUT2D eigenvalue weighted by Gasteiger charge is 2.31. The molecule has 1 aromatic rings. The molecule has 0 radical (unpaired) electrons. The molecule has 5 nitrogen and oxygen atoms in total. The van der Waals surface area contributed by atoms with Crippen molar-refractivity contribution in [2.75, 3.05) is 31.5 Å². The Morgan fingerprint density at radius 3 is 2.32 bits per heavy atom. The van der Waals surface area contributed by atoms with Crippen LogP contribution in [0.25, 0.3) is 0 Å². The van der Waals surface area contributed by atoms with Crippen LogP contribution in [0.2, 0.25) is 0 Å². The monoisotopic (exact) mass is 429 g/mol. The van der Waals surface area contributed by atoms with Crippen molar-refractivity contribution in [2.24, 2.45) is 11.8 Å². The highest BCUT2D eigenvalue weighted by atomic mass is 79.9. The van der Waals surface area contributed by atoms with Gasteiger partial charge in [0.2, 0.25) is 11.8 Å². The summed E-state index contributed by atoms with van der Waals surface area (Å²) in [5, 5.41) is 6.28. The molecule has 3 rings (SSSR count). The lowest BCUT2D eigenvalue weighted by Crippen LogP contribution is -2.46. The third-order valence-corrected chi connectivity index (χ3v) is 5.69. The number of nitrogens with one attached hydrogen (secondary N) is 2. The average molecular weight is 431 g/mol. The van der Waals surface area contributed by atoms with Gasteiger partial charge in [-0.3, -0.25) is 9.59 Å². The topological polar surface area (TPSA) is 61.4 Å². The van der Waals surface area contributed by atoms with Crippen LogP contribution in [0.3, 0.4) is 0 Å². The molecule has 0 aromatic heterocycles. The number of nitrogens with zero attached hydrogens (tertiary/aromatic N) is 1. The lowest BCUT2D eigenvalue weighted by molar-refractivity contribution is -0.139. The number of rotatable bonds is 3. The Morgan fingerprint density at radius 2 is 1.68 bits per heavy atom. The first kappa shape index (κ1) is 20.2. The molecule has 0 aliphatic carbocycles. The minimum atomic E-state index is -0.0193. The van der Waals surface area contributed by atoms with E-state index in [2.05, 4.69) is 26.6 Å². The number of anilines is 1. The lowest BCUT2D eigenvalue weighted by atomic mass is 9.92. The van der Waals surface area contributed by atoms with E-state index in [-0.39, 0.29) is 36.1 Å². The first-order valence-electron chi connectivity index (χ1n) is 8.70. The van der Waals surface area contributed by atoms with Crippen LogP contribution in [0.15, 0.2) is 28.7 Å². The summed E-state index contributed by atoms with van der Waals surface area (Å²) in [5.41, 5.74) is 0.802. The van der Waals surface area contributed by atoms with Crippen LogP contribution in [0.4, 0.5) is 5.69 Å². The molecular formula is C18H25BrClN3O2. The number of carbonyl (C=O) groups is 2. The van der Waals surface area contributed by atoms with Crippen molar-refractivity contribution in [3.63, 3.8) is 0 Å². The van der Waals surface area contributed by atoms with Gasteiger partial charge < -0.3 is 15.5 Å². The summed E-state index contributed by atoms with van der Waals surface area (Å²) in [6, 6.07) is 7.62. The third kappa shape index (κ3) is 5.19. The van der Waals surface area contributed by atoms with E-state index in [1.165, 1.54) is 0 Å². The summed E-state index contributed by atoms with van der Waals surface area (Å²) in [6.45, 7) is 3.25. The van der Waals surface area contributed by atoms with Crippen LogP contribution in [0, 0.1) is 11.8 Å². The first-order chi connectivity index (χ1) is 11.6. The standard InChI is InChI=1S/C18H24BrN3O2.ClH/c19-15-3-1-2-4-16(15)21-17(23)13-7-11-22(12-8-13)18(24)14-5-9-20-10-6-14;/h1-4,13-14,20H,5-12H2,(H,21,23);1H. The van der Waals surface area contributed by atoms with Crippen LogP contribution in [-0.2, 0) is 9.59 Å². The van der Waals surface area contributed by atoms with E-state index >= 15 is 0 Å². The van der Waals surface area contributed by atoms with Gasteiger partial charge in [-0.25, -0.2) is 0 Å². The largest absolute Gasteiger partial charge is 0.342 e. The second kappa shape index (κ2) is 9.55. The van der Waals surface area contributed by atoms with Gasteiger partial charge in [0.1, 0.15) is 0 Å². The van der Waals surface area contributed by atoms with Crippen LogP contribution < -0.4 is 10.6 Å². The summed E-state index contributed by atoms with van der Waals surface area (Å²) in [5.74, 6) is 0.475. The fourth-order valence-corrected chi connectivity index (χ4v) is 3.87. The van der Waals surface area contributed by atoms with Gasteiger partial charge in [0.25, 0.3) is 0 Å². The Bertz CT molecular complexity index is 600. The minimum Gasteiger partial charge on any atom is -0.342 e. The molecule has 2 heterocycles. The summed E-state index contributed by atoms with van der Waals surface area (Å²) in [7, 11) is 0. The normalized spacial score (nSPS) is 19.2. The second-order valence-corrected chi connectivity index (χ2v) is 7.45. The Labute approximate surface area is 163 Å². The van der Waals surface area contributed by atoms with Crippen LogP contribution >= 0.6 is 28.3 Å². The molecule has 2 N–H and O–H groups in total. The first-order valence-corrected chi connectivity index (χ1v) is 9.49. The maximum absolute atomic E-state index is 12.6. The second-order valence-electron chi connectivity index (χ2n) is 6.59. The fourth-order valence-electron chi connectivity index (χ4n) is 3.49. The Hall–Kier alpha value is -1.11. The number of hydrogen-bond acceptors (Lipinski definition) is 3. The molecule has 2 aliphatic heterocycles. The van der Waals surface area contributed by atoms with Crippen molar-refractivity contribution in [3.8, 4) is 0 Å². The van der Waals surface area contributed by atoms with Crippen molar-refractivity contribution in [1.29, 1.82) is 0 Å². The van der Waals surface area contributed by atoms with Gasteiger partial charge >= 0.3 is 0 Å². The number of hydrogen-bond donors (Lipinski definition) is 2. The predicted octanol–water partition coefficient (Wildman–Crippen LogP) is 3.05. The molecule has 0 saturated carbocycles. The molecule has 0 unspecified atom stereocenters. The number of benzene rings is 1. The zero-order valence-corrected chi connectivity index (χ0v) is 16.6. The van der Waals surface area contributed by atoms with Crippen LogP contribution in [0.1, 0.15) is 25.7 Å². The van der Waals surface area contributed by atoms with Gasteiger partial charge in [-0.1, -0.05) is 12.1 Å². The molecule has 138 valence electrons. The summed E-state index contributed by atoms with van der Waals surface area (Å²) in [6.07, 6.45) is 3.35. The molecule has 2 amide bonds. The zero-order chi connectivity index (χ0) is 16.9. The average Bonchev–Trinajstić information content (AvgIpc) is 2.64. The summed E-state index contributed by atoms with van der Waals surface area (Å²) >= 11 is 3.45. The molecule has 0 atom stereocenters. The maximum atomic E-state index is 12.6. The van der Waals surface area contributed by atoms with Gasteiger partial charge in [0.05, 0.1) is 5.69 Å². The molecule has 2 saturated heterocycles. The lowest BCUT2D eigenvalue weighted by Gasteiger charge is -2.34. The van der Waals surface area contributed by atoms with E-state index < -0.39 is 0 Å². The smallest absolute Gasteiger partial charge is 0.227 e. The zero-order valence-electron chi connectivity index (χ0n) is 14.2. The van der Waals surface area contributed by atoms with Crippen molar-refractivity contribution in [3.05, 3.63) is 28.7 Å². The van der Waals surface area contributed by atoms with Crippen LogP contribution in [0.5, 0.6) is 0 Å². The highest BCUT2D eigenvalue weighted by molar-refractivity contribution is 9.10. The van der Waals surface area contributed by atoms with E-state index in [9.17, 15) is 9.59 Å². The van der Waals surface area contributed by atoms with E-state index in [1.807, 2.05) is 29.2 Å². The molecular weight excluding hydrogens is 406 g/mol. The van der Waals surface area contributed by atoms with Gasteiger partial charge in [0.15, 0.2) is 0 Å². The Morgan fingerprint density at radius 1 is 1.04 bits per heavy atom. The molecule has 2 aliphatic rings. The number of carbonyl (C=O) groups excluding carboxylic acids is 2. The number of para-hydroxylation sites is 1. The van der Waals surface area contributed by atoms with Crippen molar-refractivity contribution in [2.45, 2.75) is 25.7 Å². The molecule has 2 fully saturated rings. The van der Waals surface area contributed by atoms with Gasteiger partial charge in [-0.2, -0.15) is 0 Å². The van der Waals surface area contributed by atoms with Crippen molar-refractivity contribution < 1.29 is 9.59 Å². The Kier molecular flexibility index (Phi) is 7.72. The van der Waals surface area contributed by atoms with Gasteiger partial charge in [-0.15, -0.1) is 12.4 Å². The van der Waals surface area contributed by atoms with Gasteiger partial charge in [-0.05, 0) is 66.8 Å². The summed E-state index contributed by atoms with van der Waals surface area (Å²) in [4.78, 5) is 27.0. The highest BCUT2D eigenvalue weighted by Crippen LogP contribution is 2.25. The minimum absolute atomic E-state index is 0. The molecule has 0 bridgehead atoms. The van der Waals surface area contributed by atoms with E-state index in [1.54, 1.807) is 0 Å². The molecule has 0 spiro atoms. The number of amides is 2. The van der Waals surface area contributed by atoms with E-state index in [0.717, 1.165) is 48.9 Å². The fraction of sp³-hybridized carbons (Fsp3) is 0.556. The quantitative estimate of drug-likeness (QED) is 0.775. The maximum Gasteiger partial charge on any atom is 0.227 e. The van der Waals surface area contributed by atoms with Crippen molar-refractivity contribution in [1.82, 2.24) is 10.2 Å². The van der Waals surface area contributed by atoms with E-state index in [0.29, 0.717) is 13.1 Å². The SMILES string of the molecule is Cl.O=C(Nc1ccccc1Br)C1CCN(C(=O)C2CCNCC2)CC1.